The number of imidazole rings is 1. The molecule has 4 rings (SSSR count). The second-order valence-corrected chi connectivity index (χ2v) is 8.75. The fraction of sp³-hybridized carbons (Fsp3) is 0.192. The van der Waals surface area contributed by atoms with Gasteiger partial charge in [-0.15, -0.1) is 0 Å². The molecule has 3 aromatic carbocycles. The molecule has 176 valence electrons. The number of methoxy groups -OCH3 is 1. The van der Waals surface area contributed by atoms with Crippen LogP contribution in [0.4, 0.5) is 13.2 Å². The van der Waals surface area contributed by atoms with Crippen LogP contribution in [-0.4, -0.2) is 21.8 Å². The van der Waals surface area contributed by atoms with Crippen LogP contribution in [0.5, 0.6) is 5.75 Å². The molecule has 1 N–H and O–H groups in total. The van der Waals surface area contributed by atoms with Crippen molar-refractivity contribution in [2.45, 2.75) is 25.6 Å². The molecule has 4 nitrogen and oxygen atoms in total. The molecule has 0 bridgehead atoms. The summed E-state index contributed by atoms with van der Waals surface area (Å²) in [4.78, 5) is 4.40. The first-order chi connectivity index (χ1) is 16.0. The first-order valence-corrected chi connectivity index (χ1v) is 10.8. The van der Waals surface area contributed by atoms with E-state index in [0.29, 0.717) is 16.5 Å². The lowest BCUT2D eigenvalue weighted by atomic mass is 10.0. The molecule has 0 unspecified atom stereocenters. The smallest absolute Gasteiger partial charge is 0.417 e. The van der Waals surface area contributed by atoms with Gasteiger partial charge in [0.25, 0.3) is 0 Å². The number of aliphatic hydroxyl groups is 1. The first-order valence-electron chi connectivity index (χ1n) is 10.4. The van der Waals surface area contributed by atoms with Gasteiger partial charge in [-0.3, -0.25) is 4.57 Å². The van der Waals surface area contributed by atoms with E-state index in [2.05, 4.69) is 4.98 Å². The third-order valence-electron chi connectivity index (χ3n) is 5.42. The second kappa shape index (κ2) is 8.81. The molecule has 0 aliphatic heterocycles. The summed E-state index contributed by atoms with van der Waals surface area (Å²) < 4.78 is 48.2. The van der Waals surface area contributed by atoms with Gasteiger partial charge in [-0.05, 0) is 55.8 Å². The Morgan fingerprint density at radius 2 is 1.62 bits per heavy atom. The first kappa shape index (κ1) is 23.9. The molecule has 0 amide bonds. The van der Waals surface area contributed by atoms with Gasteiger partial charge in [0.05, 0.1) is 18.4 Å². The van der Waals surface area contributed by atoms with E-state index in [4.69, 9.17) is 16.3 Å². The van der Waals surface area contributed by atoms with Crippen molar-refractivity contribution < 1.29 is 23.0 Å². The fourth-order valence-corrected chi connectivity index (χ4v) is 3.87. The van der Waals surface area contributed by atoms with E-state index in [1.54, 1.807) is 48.2 Å². The second-order valence-electron chi connectivity index (χ2n) is 8.31. The summed E-state index contributed by atoms with van der Waals surface area (Å²) in [6, 6.07) is 17.7. The van der Waals surface area contributed by atoms with E-state index in [0.717, 1.165) is 17.2 Å². The number of hydrogen-bond donors (Lipinski definition) is 1. The van der Waals surface area contributed by atoms with Crippen LogP contribution >= 0.6 is 11.6 Å². The van der Waals surface area contributed by atoms with E-state index in [9.17, 15) is 18.3 Å². The van der Waals surface area contributed by atoms with Crippen molar-refractivity contribution in [2.24, 2.45) is 0 Å². The Kier molecular flexibility index (Phi) is 6.18. The van der Waals surface area contributed by atoms with Crippen LogP contribution in [0.3, 0.4) is 0 Å². The summed E-state index contributed by atoms with van der Waals surface area (Å²) in [6.07, 6.45) is -3.01. The van der Waals surface area contributed by atoms with Crippen molar-refractivity contribution in [3.05, 3.63) is 89.2 Å². The van der Waals surface area contributed by atoms with Crippen molar-refractivity contribution in [2.75, 3.05) is 7.11 Å². The number of hydrogen-bond acceptors (Lipinski definition) is 3. The zero-order valence-corrected chi connectivity index (χ0v) is 19.4. The predicted octanol–water partition coefficient (Wildman–Crippen LogP) is 7.11. The van der Waals surface area contributed by atoms with Gasteiger partial charge in [0.1, 0.15) is 17.2 Å². The van der Waals surface area contributed by atoms with Gasteiger partial charge in [-0.2, -0.15) is 13.2 Å². The van der Waals surface area contributed by atoms with Crippen LogP contribution in [0.25, 0.3) is 28.2 Å². The zero-order chi connectivity index (χ0) is 24.7. The molecule has 0 fully saturated rings. The van der Waals surface area contributed by atoms with Gasteiger partial charge in [0.15, 0.2) is 0 Å². The van der Waals surface area contributed by atoms with Crippen molar-refractivity contribution >= 4 is 11.6 Å². The van der Waals surface area contributed by atoms with Crippen LogP contribution in [0, 0.1) is 0 Å². The summed E-state index contributed by atoms with van der Waals surface area (Å²) >= 11 is 6.15. The van der Waals surface area contributed by atoms with Crippen LogP contribution in [0.15, 0.2) is 72.9 Å². The monoisotopic (exact) mass is 486 g/mol. The topological polar surface area (TPSA) is 47.3 Å². The maximum atomic E-state index is 13.7. The number of nitrogens with zero attached hydrogens (tertiary/aromatic N) is 2. The fourth-order valence-electron chi connectivity index (χ4n) is 3.69. The van der Waals surface area contributed by atoms with Gasteiger partial charge in [-0.25, -0.2) is 4.98 Å². The molecule has 1 heterocycles. The largest absolute Gasteiger partial charge is 0.496 e. The summed E-state index contributed by atoms with van der Waals surface area (Å²) in [5, 5.41) is 11.1. The number of halogens is 4. The predicted molar refractivity (Wildman–Crippen MR) is 126 cm³/mol. The Balaban J connectivity index is 1.87. The highest BCUT2D eigenvalue weighted by Gasteiger charge is 2.35. The van der Waals surface area contributed by atoms with Crippen molar-refractivity contribution in [3.63, 3.8) is 0 Å². The number of alkyl halides is 3. The third kappa shape index (κ3) is 4.67. The molecule has 0 spiro atoms. The van der Waals surface area contributed by atoms with Gasteiger partial charge >= 0.3 is 6.18 Å². The Bertz CT molecular complexity index is 1320. The normalized spacial score (nSPS) is 12.1. The average Bonchev–Trinajstić information content (AvgIpc) is 3.25. The molecule has 0 radical (unpaired) electrons. The maximum absolute atomic E-state index is 13.7. The average molecular weight is 487 g/mol. The van der Waals surface area contributed by atoms with Crippen LogP contribution in [0.1, 0.15) is 25.1 Å². The number of ether oxygens (including phenoxy) is 1. The Hall–Kier alpha value is -3.29. The highest BCUT2D eigenvalue weighted by molar-refractivity contribution is 6.31. The molecular weight excluding hydrogens is 465 g/mol. The summed E-state index contributed by atoms with van der Waals surface area (Å²) in [7, 11) is 1.56. The highest BCUT2D eigenvalue weighted by atomic mass is 35.5. The highest BCUT2D eigenvalue weighted by Crippen LogP contribution is 2.39. The lowest BCUT2D eigenvalue weighted by molar-refractivity contribution is -0.137. The molecule has 0 aliphatic rings. The van der Waals surface area contributed by atoms with Gasteiger partial charge in [0.2, 0.25) is 0 Å². The van der Waals surface area contributed by atoms with Crippen LogP contribution < -0.4 is 4.74 Å². The van der Waals surface area contributed by atoms with Gasteiger partial charge in [-0.1, -0.05) is 41.9 Å². The lowest BCUT2D eigenvalue weighted by Gasteiger charge is -2.15. The minimum Gasteiger partial charge on any atom is -0.496 e. The molecule has 0 aliphatic carbocycles. The van der Waals surface area contributed by atoms with Gasteiger partial charge in [0, 0.05) is 28.0 Å². The molecule has 34 heavy (non-hydrogen) atoms. The minimum atomic E-state index is -4.56. The maximum Gasteiger partial charge on any atom is 0.417 e. The Morgan fingerprint density at radius 1 is 0.941 bits per heavy atom. The summed E-state index contributed by atoms with van der Waals surface area (Å²) in [5.74, 6) is 0.724. The summed E-state index contributed by atoms with van der Waals surface area (Å²) in [6.45, 7) is 3.07. The van der Waals surface area contributed by atoms with E-state index in [1.807, 2.05) is 12.1 Å². The quantitative estimate of drug-likeness (QED) is 0.327. The lowest BCUT2D eigenvalue weighted by Crippen LogP contribution is -2.15. The number of rotatable bonds is 5. The van der Waals surface area contributed by atoms with Crippen molar-refractivity contribution in [1.29, 1.82) is 0 Å². The third-order valence-corrected chi connectivity index (χ3v) is 5.66. The molecule has 1 aromatic heterocycles. The molecular formula is C26H22ClF3N2O2. The molecule has 4 aromatic rings. The molecule has 8 heteroatoms. The van der Waals surface area contributed by atoms with Gasteiger partial charge < -0.3 is 9.84 Å². The van der Waals surface area contributed by atoms with Crippen LogP contribution in [-0.2, 0) is 11.8 Å². The molecule has 0 atom stereocenters. The molecule has 0 saturated carbocycles. The number of aromatic nitrogens is 2. The Morgan fingerprint density at radius 3 is 2.24 bits per heavy atom. The standard InChI is InChI=1S/C26H22ClF3N2O2/c1-25(2,33)23-15-32(24(31-23)19-6-4-5-7-21(19)26(28,29)30)18-11-8-16(9-12-18)20-14-17(27)10-13-22(20)34-3/h4-15,33H,1-3H3. The minimum absolute atomic E-state index is 0.0777. The SMILES string of the molecule is COc1ccc(Cl)cc1-c1ccc(-n2cc(C(C)(C)O)nc2-c2ccccc2C(F)(F)F)cc1. The van der Waals surface area contributed by atoms with Crippen molar-refractivity contribution in [3.8, 4) is 34.0 Å². The molecule has 0 saturated heterocycles. The van der Waals surface area contributed by atoms with E-state index >= 15 is 0 Å². The number of benzene rings is 3. The van der Waals surface area contributed by atoms with E-state index in [1.165, 1.54) is 32.0 Å². The van der Waals surface area contributed by atoms with Crippen LogP contribution in [0.2, 0.25) is 5.02 Å². The summed E-state index contributed by atoms with van der Waals surface area (Å²) in [5.41, 5.74) is 0.215. The zero-order valence-electron chi connectivity index (χ0n) is 18.7. The Labute approximate surface area is 200 Å². The van der Waals surface area contributed by atoms with Crippen molar-refractivity contribution in [1.82, 2.24) is 9.55 Å². The van der Waals surface area contributed by atoms with E-state index in [-0.39, 0.29) is 17.1 Å². The van der Waals surface area contributed by atoms with E-state index < -0.39 is 17.3 Å².